The molecule has 0 aromatic heterocycles. The van der Waals surface area contributed by atoms with Crippen molar-refractivity contribution in [3.63, 3.8) is 0 Å². The first-order valence-corrected chi connectivity index (χ1v) is 7.63. The average molecular weight is 369 g/mol. The van der Waals surface area contributed by atoms with Crippen molar-refractivity contribution in [2.45, 2.75) is 57.6 Å². The lowest BCUT2D eigenvalue weighted by atomic mass is 10.1. The molecule has 0 unspecified atom stereocenters. The van der Waals surface area contributed by atoms with Gasteiger partial charge >= 0.3 is 24.0 Å². The highest BCUT2D eigenvalue weighted by atomic mass is 19.4. The van der Waals surface area contributed by atoms with Crippen molar-refractivity contribution >= 4 is 5.97 Å². The summed E-state index contributed by atoms with van der Waals surface area (Å²) in [5.41, 5.74) is -6.02. The molecule has 0 N–H and O–H groups in total. The largest absolute Gasteiger partial charge is 0.461 e. The molecule has 0 spiro atoms. The second kappa shape index (κ2) is 9.43. The molecule has 144 valence electrons. The Morgan fingerprint density at radius 2 is 1.25 bits per heavy atom. The molecule has 0 fully saturated rings. The number of halogens is 7. The van der Waals surface area contributed by atoms with Crippen LogP contribution in [0.25, 0.3) is 0 Å². The van der Waals surface area contributed by atoms with E-state index in [2.05, 4.69) is 4.74 Å². The van der Waals surface area contributed by atoms with Crippen LogP contribution in [0.4, 0.5) is 30.7 Å². The topological polar surface area (TPSA) is 29.5 Å². The zero-order chi connectivity index (χ0) is 19.0. The second-order valence-corrected chi connectivity index (χ2v) is 5.34. The lowest BCUT2D eigenvalue weighted by Crippen LogP contribution is -2.59. The number of hydrogen-bond acceptors (Lipinski definition) is 3. The Morgan fingerprint density at radius 3 is 1.58 bits per heavy atom. The monoisotopic (exact) mass is 369 g/mol. The Kier molecular flexibility index (Phi) is 9.01. The van der Waals surface area contributed by atoms with E-state index in [1.807, 2.05) is 13.8 Å². The number of carbonyl (C=O) groups excluding carboxylic acids is 1. The third-order valence-corrected chi connectivity index (χ3v) is 3.36. The van der Waals surface area contributed by atoms with Crippen LogP contribution in [0.2, 0.25) is 0 Å². The molecule has 0 radical (unpaired) electrons. The van der Waals surface area contributed by atoms with Crippen molar-refractivity contribution in [2.75, 3.05) is 26.2 Å². The van der Waals surface area contributed by atoms with Gasteiger partial charge in [-0.2, -0.15) is 26.3 Å². The van der Waals surface area contributed by atoms with Gasteiger partial charge in [-0.25, -0.2) is 9.18 Å². The van der Waals surface area contributed by atoms with E-state index < -0.39 is 30.6 Å². The summed E-state index contributed by atoms with van der Waals surface area (Å²) in [7, 11) is 0. The summed E-state index contributed by atoms with van der Waals surface area (Å²) in [6, 6.07) is 0. The predicted octanol–water partition coefficient (Wildman–Crippen LogP) is 4.26. The summed E-state index contributed by atoms with van der Waals surface area (Å²) in [4.78, 5) is 12.9. The quantitative estimate of drug-likeness (QED) is 0.426. The van der Waals surface area contributed by atoms with E-state index in [9.17, 15) is 35.5 Å². The molecule has 0 aliphatic rings. The average Bonchev–Trinajstić information content (AvgIpc) is 2.45. The van der Waals surface area contributed by atoms with Gasteiger partial charge in [-0.1, -0.05) is 26.7 Å². The van der Waals surface area contributed by atoms with Gasteiger partial charge in [0.05, 0.1) is 0 Å². The molecule has 0 aromatic carbocycles. The van der Waals surface area contributed by atoms with Gasteiger partial charge < -0.3 is 4.74 Å². The van der Waals surface area contributed by atoms with Gasteiger partial charge in [0, 0.05) is 6.54 Å². The summed E-state index contributed by atoms with van der Waals surface area (Å²) >= 11 is 0. The summed E-state index contributed by atoms with van der Waals surface area (Å²) in [6.07, 6.45) is -9.64. The summed E-state index contributed by atoms with van der Waals surface area (Å²) in [6.45, 7) is 4.16. The van der Waals surface area contributed by atoms with Crippen LogP contribution in [0.1, 0.15) is 39.5 Å². The molecule has 0 aliphatic carbocycles. The molecule has 3 nitrogen and oxygen atoms in total. The number of esters is 1. The van der Waals surface area contributed by atoms with Crippen molar-refractivity contribution in [3.8, 4) is 0 Å². The molecular weight excluding hydrogens is 347 g/mol. The van der Waals surface area contributed by atoms with Crippen molar-refractivity contribution in [3.05, 3.63) is 0 Å². The van der Waals surface area contributed by atoms with Crippen molar-refractivity contribution in [1.29, 1.82) is 0 Å². The van der Waals surface area contributed by atoms with Crippen LogP contribution in [0.3, 0.4) is 0 Å². The number of carbonyl (C=O) groups is 1. The predicted molar refractivity (Wildman–Crippen MR) is 73.2 cm³/mol. The van der Waals surface area contributed by atoms with Crippen molar-refractivity contribution in [2.24, 2.45) is 0 Å². The third-order valence-electron chi connectivity index (χ3n) is 3.36. The minimum Gasteiger partial charge on any atom is -0.461 e. The van der Waals surface area contributed by atoms with Gasteiger partial charge in [-0.05, 0) is 25.9 Å². The Labute approximate surface area is 136 Å². The zero-order valence-electron chi connectivity index (χ0n) is 13.6. The van der Waals surface area contributed by atoms with Crippen molar-refractivity contribution in [1.82, 2.24) is 4.90 Å². The SMILES string of the molecule is CCCCN(CCCC)CCOC(=O)C(F)(C(F)(F)F)C(F)(F)F. The normalized spacial score (nSPS) is 13.4. The minimum atomic E-state index is -6.44. The minimum absolute atomic E-state index is 0.0580. The summed E-state index contributed by atoms with van der Waals surface area (Å²) < 4.78 is 91.5. The molecule has 0 bridgehead atoms. The first kappa shape index (κ1) is 22.9. The maximum absolute atomic E-state index is 13.4. The van der Waals surface area contributed by atoms with Crippen molar-refractivity contribution < 1.29 is 40.3 Å². The number of nitrogens with zero attached hydrogens (tertiary/aromatic N) is 1. The number of unbranched alkanes of at least 4 members (excludes halogenated alkanes) is 2. The fraction of sp³-hybridized carbons (Fsp3) is 0.929. The number of rotatable bonds is 10. The highest BCUT2D eigenvalue weighted by Crippen LogP contribution is 2.46. The van der Waals surface area contributed by atoms with Crippen LogP contribution in [0.5, 0.6) is 0 Å². The molecule has 24 heavy (non-hydrogen) atoms. The summed E-state index contributed by atoms with van der Waals surface area (Å²) in [5.74, 6) is -2.98. The van der Waals surface area contributed by atoms with Gasteiger partial charge in [-0.3, -0.25) is 4.90 Å². The fourth-order valence-corrected chi connectivity index (χ4v) is 1.86. The number of ether oxygens (including phenoxy) is 1. The van der Waals surface area contributed by atoms with Crippen LogP contribution < -0.4 is 0 Å². The van der Waals surface area contributed by atoms with Gasteiger partial charge in [-0.15, -0.1) is 0 Å². The van der Waals surface area contributed by atoms with E-state index >= 15 is 0 Å². The summed E-state index contributed by atoms with van der Waals surface area (Å²) in [5, 5.41) is 0. The van der Waals surface area contributed by atoms with Gasteiger partial charge in [0.1, 0.15) is 6.61 Å². The van der Waals surface area contributed by atoms with E-state index in [0.717, 1.165) is 25.7 Å². The van der Waals surface area contributed by atoms with E-state index in [-0.39, 0.29) is 6.54 Å². The first-order chi connectivity index (χ1) is 10.9. The van der Waals surface area contributed by atoms with Crippen LogP contribution >= 0.6 is 0 Å². The van der Waals surface area contributed by atoms with E-state index in [0.29, 0.717) is 13.1 Å². The molecule has 0 aromatic rings. The van der Waals surface area contributed by atoms with Gasteiger partial charge in [0.15, 0.2) is 0 Å². The lowest BCUT2D eigenvalue weighted by Gasteiger charge is -2.28. The molecule has 0 heterocycles. The second-order valence-electron chi connectivity index (χ2n) is 5.34. The van der Waals surface area contributed by atoms with Crippen LogP contribution in [-0.4, -0.2) is 55.1 Å². The molecule has 10 heteroatoms. The maximum atomic E-state index is 13.4. The van der Waals surface area contributed by atoms with E-state index in [1.54, 1.807) is 4.90 Å². The third kappa shape index (κ3) is 6.10. The van der Waals surface area contributed by atoms with Crippen LogP contribution in [-0.2, 0) is 9.53 Å². The molecule has 0 aliphatic heterocycles. The standard InChI is InChI=1S/C14H22F7NO2/c1-3-5-7-22(8-6-4-2)9-10-24-11(23)12(15,13(16,17)18)14(19,20)21/h3-10H2,1-2H3. The molecule has 0 amide bonds. The van der Waals surface area contributed by atoms with Crippen LogP contribution in [0, 0.1) is 0 Å². The number of alkyl halides is 7. The Morgan fingerprint density at radius 1 is 0.833 bits per heavy atom. The Hall–Kier alpha value is -1.06. The van der Waals surface area contributed by atoms with Gasteiger partial charge in [0.25, 0.3) is 0 Å². The zero-order valence-corrected chi connectivity index (χ0v) is 13.6. The molecule has 0 saturated carbocycles. The smallest absolute Gasteiger partial charge is 0.442 e. The highest BCUT2D eigenvalue weighted by molar-refractivity contribution is 5.81. The molecule has 0 rings (SSSR count). The first-order valence-electron chi connectivity index (χ1n) is 7.63. The van der Waals surface area contributed by atoms with Gasteiger partial charge in [0.2, 0.25) is 0 Å². The Bertz CT molecular complexity index is 360. The molecule has 0 atom stereocenters. The molecule has 0 saturated heterocycles. The van der Waals surface area contributed by atoms with E-state index in [4.69, 9.17) is 0 Å². The lowest BCUT2D eigenvalue weighted by molar-refractivity contribution is -0.332. The maximum Gasteiger partial charge on any atom is 0.442 e. The molecular formula is C14H22F7NO2. The van der Waals surface area contributed by atoms with Crippen LogP contribution in [0.15, 0.2) is 0 Å². The highest BCUT2D eigenvalue weighted by Gasteiger charge is 2.78. The number of hydrogen-bond donors (Lipinski definition) is 0. The Balaban J connectivity index is 4.78. The van der Waals surface area contributed by atoms with E-state index in [1.165, 1.54) is 0 Å². The fourth-order valence-electron chi connectivity index (χ4n) is 1.86.